The molecule has 0 amide bonds. The normalized spacial score (nSPS) is 25.1. The van der Waals surface area contributed by atoms with Crippen LogP contribution < -0.4 is 0 Å². The number of fused-ring (bicyclic) bond motifs is 1. The van der Waals surface area contributed by atoms with Crippen LogP contribution in [0.5, 0.6) is 0 Å². The van der Waals surface area contributed by atoms with Crippen LogP contribution in [0.4, 0.5) is 0 Å². The maximum Gasteiger partial charge on any atom is 0.129 e. The second kappa shape index (κ2) is 3.21. The molecule has 1 aliphatic rings. The number of hydrogen-bond acceptors (Lipinski definition) is 2. The lowest BCUT2D eigenvalue weighted by molar-refractivity contribution is 0.0306. The summed E-state index contributed by atoms with van der Waals surface area (Å²) in [5.41, 5.74) is 2.37. The highest BCUT2D eigenvalue weighted by molar-refractivity contribution is 6.29. The molecule has 14 heavy (non-hydrogen) atoms. The van der Waals surface area contributed by atoms with Crippen molar-refractivity contribution in [3.63, 3.8) is 0 Å². The summed E-state index contributed by atoms with van der Waals surface area (Å²) in [5.74, 6) is 0. The van der Waals surface area contributed by atoms with E-state index in [0.717, 1.165) is 24.1 Å². The van der Waals surface area contributed by atoms with E-state index in [1.807, 2.05) is 19.9 Å². The number of aryl methyl sites for hydroxylation is 1. The average Bonchev–Trinajstić information content (AvgIpc) is 2.46. The molecule has 1 aromatic rings. The number of pyridine rings is 1. The maximum absolute atomic E-state index is 10.3. The van der Waals surface area contributed by atoms with E-state index >= 15 is 0 Å². The zero-order chi connectivity index (χ0) is 10.3. The minimum absolute atomic E-state index is 0.482. The van der Waals surface area contributed by atoms with Gasteiger partial charge < -0.3 is 5.11 Å². The summed E-state index contributed by atoms with van der Waals surface area (Å²) >= 11 is 5.89. The molecule has 1 aromatic heterocycles. The van der Waals surface area contributed by atoms with Gasteiger partial charge in [-0.1, -0.05) is 18.5 Å². The van der Waals surface area contributed by atoms with Crippen LogP contribution in [0.3, 0.4) is 0 Å². The van der Waals surface area contributed by atoms with E-state index in [0.29, 0.717) is 11.6 Å². The Kier molecular flexibility index (Phi) is 2.28. The molecular formula is C11H14ClNO. The van der Waals surface area contributed by atoms with Crippen LogP contribution in [0, 0.1) is 6.92 Å². The summed E-state index contributed by atoms with van der Waals surface area (Å²) in [7, 11) is 0. The minimum atomic E-state index is -0.745. The van der Waals surface area contributed by atoms with Gasteiger partial charge in [0.25, 0.3) is 0 Å². The standard InChI is InChI=1S/C11H14ClNO/c1-3-11(14)5-4-8-7(2)6-9(12)13-10(8)11/h6,14H,3-5H2,1-2H3/t11-/m1/s1. The Labute approximate surface area is 88.9 Å². The van der Waals surface area contributed by atoms with Crippen LogP contribution in [0.2, 0.25) is 5.15 Å². The van der Waals surface area contributed by atoms with E-state index in [-0.39, 0.29) is 0 Å². The quantitative estimate of drug-likeness (QED) is 0.725. The molecule has 0 fully saturated rings. The van der Waals surface area contributed by atoms with E-state index in [4.69, 9.17) is 11.6 Å². The summed E-state index contributed by atoms with van der Waals surface area (Å²) in [5, 5.41) is 10.8. The molecule has 0 spiro atoms. The highest BCUT2D eigenvalue weighted by Crippen LogP contribution is 2.39. The van der Waals surface area contributed by atoms with Gasteiger partial charge in [0.15, 0.2) is 0 Å². The Hall–Kier alpha value is -0.600. The summed E-state index contributed by atoms with van der Waals surface area (Å²) in [4.78, 5) is 4.25. The van der Waals surface area contributed by atoms with Crippen molar-refractivity contribution < 1.29 is 5.11 Å². The molecule has 2 rings (SSSR count). The lowest BCUT2D eigenvalue weighted by atomic mass is 9.97. The molecule has 0 radical (unpaired) electrons. The fourth-order valence-electron chi connectivity index (χ4n) is 2.15. The molecule has 0 unspecified atom stereocenters. The van der Waals surface area contributed by atoms with Gasteiger partial charge in [-0.2, -0.15) is 0 Å². The number of halogens is 1. The monoisotopic (exact) mass is 211 g/mol. The van der Waals surface area contributed by atoms with Crippen molar-refractivity contribution in [2.75, 3.05) is 0 Å². The lowest BCUT2D eigenvalue weighted by Gasteiger charge is -2.20. The van der Waals surface area contributed by atoms with E-state index < -0.39 is 5.60 Å². The Morgan fingerprint density at radius 3 is 3.00 bits per heavy atom. The van der Waals surface area contributed by atoms with Crippen LogP contribution in [0.15, 0.2) is 6.07 Å². The predicted octanol–water partition coefficient (Wildman–Crippen LogP) is 2.59. The Morgan fingerprint density at radius 2 is 2.36 bits per heavy atom. The molecule has 3 heteroatoms. The molecule has 0 saturated carbocycles. The molecule has 0 aliphatic heterocycles. The van der Waals surface area contributed by atoms with E-state index in [1.54, 1.807) is 0 Å². The Balaban J connectivity index is 2.60. The highest BCUT2D eigenvalue weighted by atomic mass is 35.5. The van der Waals surface area contributed by atoms with Gasteiger partial charge in [-0.15, -0.1) is 0 Å². The third-order valence-electron chi connectivity index (χ3n) is 3.13. The van der Waals surface area contributed by atoms with Crippen molar-refractivity contribution in [1.29, 1.82) is 0 Å². The van der Waals surface area contributed by atoms with Gasteiger partial charge in [-0.25, -0.2) is 4.98 Å². The number of aromatic nitrogens is 1. The van der Waals surface area contributed by atoms with Gasteiger partial charge in [-0.3, -0.25) is 0 Å². The predicted molar refractivity (Wildman–Crippen MR) is 56.5 cm³/mol. The summed E-state index contributed by atoms with van der Waals surface area (Å²) in [6, 6.07) is 1.86. The lowest BCUT2D eigenvalue weighted by Crippen LogP contribution is -2.22. The van der Waals surface area contributed by atoms with Gasteiger partial charge in [0.2, 0.25) is 0 Å². The molecule has 0 saturated heterocycles. The van der Waals surface area contributed by atoms with Gasteiger partial charge >= 0.3 is 0 Å². The van der Waals surface area contributed by atoms with Gasteiger partial charge in [0.1, 0.15) is 10.8 Å². The van der Waals surface area contributed by atoms with Crippen LogP contribution in [-0.2, 0) is 12.0 Å². The van der Waals surface area contributed by atoms with Crippen LogP contribution in [0.25, 0.3) is 0 Å². The fraction of sp³-hybridized carbons (Fsp3) is 0.545. The van der Waals surface area contributed by atoms with Gasteiger partial charge in [0.05, 0.1) is 5.69 Å². The first kappa shape index (κ1) is 9.94. The zero-order valence-corrected chi connectivity index (χ0v) is 9.23. The molecular weight excluding hydrogens is 198 g/mol. The number of hydrogen-bond donors (Lipinski definition) is 1. The first-order valence-corrected chi connectivity index (χ1v) is 5.33. The first-order chi connectivity index (χ1) is 6.57. The minimum Gasteiger partial charge on any atom is -0.384 e. The molecule has 1 N–H and O–H groups in total. The second-order valence-electron chi connectivity index (χ2n) is 3.97. The Morgan fingerprint density at radius 1 is 1.64 bits per heavy atom. The van der Waals surface area contributed by atoms with Gasteiger partial charge in [0, 0.05) is 0 Å². The topological polar surface area (TPSA) is 33.1 Å². The second-order valence-corrected chi connectivity index (χ2v) is 4.36. The number of nitrogens with zero attached hydrogens (tertiary/aromatic N) is 1. The molecule has 0 bridgehead atoms. The van der Waals surface area contributed by atoms with Crippen molar-refractivity contribution in [3.05, 3.63) is 28.0 Å². The van der Waals surface area contributed by atoms with Crippen molar-refractivity contribution in [3.8, 4) is 0 Å². The van der Waals surface area contributed by atoms with Crippen LogP contribution in [0.1, 0.15) is 36.6 Å². The summed E-state index contributed by atoms with van der Waals surface area (Å²) < 4.78 is 0. The van der Waals surface area contributed by atoms with E-state index in [9.17, 15) is 5.11 Å². The molecule has 1 heterocycles. The van der Waals surface area contributed by atoms with E-state index in [2.05, 4.69) is 4.98 Å². The van der Waals surface area contributed by atoms with Crippen molar-refractivity contribution >= 4 is 11.6 Å². The molecule has 76 valence electrons. The fourth-order valence-corrected chi connectivity index (χ4v) is 2.40. The van der Waals surface area contributed by atoms with Gasteiger partial charge in [-0.05, 0) is 43.4 Å². The number of rotatable bonds is 1. The van der Waals surface area contributed by atoms with Crippen molar-refractivity contribution in [2.24, 2.45) is 0 Å². The first-order valence-electron chi connectivity index (χ1n) is 4.95. The smallest absolute Gasteiger partial charge is 0.129 e. The SMILES string of the molecule is CC[C@@]1(O)CCc2c(C)cc(Cl)nc21. The van der Waals surface area contributed by atoms with Crippen LogP contribution in [-0.4, -0.2) is 10.1 Å². The largest absolute Gasteiger partial charge is 0.384 e. The average molecular weight is 212 g/mol. The van der Waals surface area contributed by atoms with Crippen LogP contribution >= 0.6 is 11.6 Å². The molecule has 1 aliphatic carbocycles. The van der Waals surface area contributed by atoms with Crippen molar-refractivity contribution in [1.82, 2.24) is 4.98 Å². The Bertz CT molecular complexity index is 378. The molecule has 1 atom stereocenters. The molecule has 2 nitrogen and oxygen atoms in total. The van der Waals surface area contributed by atoms with E-state index in [1.165, 1.54) is 5.56 Å². The maximum atomic E-state index is 10.3. The summed E-state index contributed by atoms with van der Waals surface area (Å²) in [6.45, 7) is 4.00. The highest BCUT2D eigenvalue weighted by Gasteiger charge is 2.37. The summed E-state index contributed by atoms with van der Waals surface area (Å²) in [6.07, 6.45) is 2.38. The third-order valence-corrected chi connectivity index (χ3v) is 3.32. The van der Waals surface area contributed by atoms with Crippen molar-refractivity contribution in [2.45, 2.75) is 38.7 Å². The number of aliphatic hydroxyl groups is 1. The third kappa shape index (κ3) is 1.33. The zero-order valence-electron chi connectivity index (χ0n) is 8.47. The molecule has 0 aromatic carbocycles.